The number of aliphatic carboxylic acids is 1. The van der Waals surface area contributed by atoms with E-state index < -0.39 is 30.0 Å². The van der Waals surface area contributed by atoms with Gasteiger partial charge < -0.3 is 15.2 Å². The maximum atomic E-state index is 14.5. The Morgan fingerprint density at radius 2 is 2.19 bits per heavy atom. The molecule has 37 heavy (non-hydrogen) atoms. The van der Waals surface area contributed by atoms with E-state index in [-0.39, 0.29) is 36.3 Å². The van der Waals surface area contributed by atoms with Crippen LogP contribution in [0.25, 0.3) is 0 Å². The van der Waals surface area contributed by atoms with Crippen LogP contribution in [0.3, 0.4) is 0 Å². The maximum absolute atomic E-state index is 14.5. The van der Waals surface area contributed by atoms with E-state index in [1.807, 2.05) is 0 Å². The summed E-state index contributed by atoms with van der Waals surface area (Å²) in [6.07, 6.45) is 3.76. The Bertz CT molecular complexity index is 1250. The second kappa shape index (κ2) is 11.9. The van der Waals surface area contributed by atoms with E-state index in [9.17, 15) is 18.4 Å². The summed E-state index contributed by atoms with van der Waals surface area (Å²) in [5.41, 5.74) is 0.938. The molecule has 0 aliphatic carbocycles. The van der Waals surface area contributed by atoms with Crippen molar-refractivity contribution in [2.75, 3.05) is 19.7 Å². The van der Waals surface area contributed by atoms with Crippen LogP contribution in [-0.4, -0.2) is 64.7 Å². The highest BCUT2D eigenvalue weighted by molar-refractivity contribution is 7.11. The molecule has 1 saturated heterocycles. The Balaban J connectivity index is 1.82. The number of aliphatic imine (C=N–C) groups is 1. The number of benzene rings is 1. The molecule has 0 spiro atoms. The summed E-state index contributed by atoms with van der Waals surface area (Å²) in [6, 6.07) is 2.53. The number of nitrogens with zero attached hydrogens (tertiary/aromatic N) is 3. The van der Waals surface area contributed by atoms with Crippen molar-refractivity contribution in [3.8, 4) is 0 Å². The molecule has 1 fully saturated rings. The predicted octanol–water partition coefficient (Wildman–Crippen LogP) is 4.29. The molecular weight excluding hydrogens is 526 g/mol. The van der Waals surface area contributed by atoms with Gasteiger partial charge in [0.15, 0.2) is 10.8 Å². The number of carbonyl (C=O) groups excluding carboxylic acids is 1. The summed E-state index contributed by atoms with van der Waals surface area (Å²) in [7, 11) is 0. The highest BCUT2D eigenvalue weighted by Gasteiger charge is 2.36. The van der Waals surface area contributed by atoms with Gasteiger partial charge in [-0.1, -0.05) is 23.7 Å². The SMILES string of the molecule is CCOC(=O)C1=C(CN2CC(F)CCC2/C=C/C(=O)O)NC(c2nccs2)=N[C@H]1c1ccc(F)cc1Cl. The van der Waals surface area contributed by atoms with Crippen LogP contribution in [0.5, 0.6) is 0 Å². The standard InChI is InChI=1S/C25H25ClF2N4O4S/c1-2-36-25(35)21-19(13-32-12-15(28)3-5-16(32)6-8-20(33)34)30-23(24-29-9-10-37-24)31-22(21)17-7-4-14(27)11-18(17)26/h4,6-11,15-16,22H,2-3,5,12-13H2,1H3,(H,30,31)(H,33,34)/b8-6+/t15?,16?,22-/m0/s1. The summed E-state index contributed by atoms with van der Waals surface area (Å²) in [5.74, 6) is -1.92. The summed E-state index contributed by atoms with van der Waals surface area (Å²) < 4.78 is 33.7. The van der Waals surface area contributed by atoms with E-state index in [4.69, 9.17) is 26.4 Å². The highest BCUT2D eigenvalue weighted by atomic mass is 35.5. The van der Waals surface area contributed by atoms with Crippen LogP contribution in [0, 0.1) is 5.82 Å². The van der Waals surface area contributed by atoms with Crippen molar-refractivity contribution in [2.45, 2.75) is 38.0 Å². The van der Waals surface area contributed by atoms with Crippen LogP contribution >= 0.6 is 22.9 Å². The van der Waals surface area contributed by atoms with Crippen LogP contribution in [0.15, 0.2) is 58.2 Å². The van der Waals surface area contributed by atoms with Gasteiger partial charge >= 0.3 is 11.9 Å². The van der Waals surface area contributed by atoms with Gasteiger partial charge in [0.05, 0.1) is 12.2 Å². The molecule has 12 heteroatoms. The molecule has 2 unspecified atom stereocenters. The molecule has 3 heterocycles. The third-order valence-electron chi connectivity index (χ3n) is 6.01. The first kappa shape index (κ1) is 26.9. The lowest BCUT2D eigenvalue weighted by Crippen LogP contribution is -2.47. The zero-order valence-corrected chi connectivity index (χ0v) is 21.4. The van der Waals surface area contributed by atoms with Crippen LogP contribution in [-0.2, 0) is 14.3 Å². The molecule has 4 rings (SSSR count). The number of amidine groups is 1. The molecule has 2 aliphatic heterocycles. The van der Waals surface area contributed by atoms with Gasteiger partial charge in [0.25, 0.3) is 0 Å². The smallest absolute Gasteiger partial charge is 0.338 e. The van der Waals surface area contributed by atoms with Gasteiger partial charge in [-0.2, -0.15) is 0 Å². The molecule has 0 bridgehead atoms. The van der Waals surface area contributed by atoms with Crippen molar-refractivity contribution < 1.29 is 28.2 Å². The van der Waals surface area contributed by atoms with Crippen molar-refractivity contribution in [1.82, 2.24) is 15.2 Å². The molecule has 0 radical (unpaired) electrons. The van der Waals surface area contributed by atoms with Crippen molar-refractivity contribution in [2.24, 2.45) is 4.99 Å². The summed E-state index contributed by atoms with van der Waals surface area (Å²) in [5, 5.41) is 14.7. The average molecular weight is 551 g/mol. The van der Waals surface area contributed by atoms with E-state index in [1.54, 1.807) is 23.4 Å². The zero-order valence-electron chi connectivity index (χ0n) is 19.9. The fourth-order valence-electron chi connectivity index (χ4n) is 4.38. The first-order valence-electron chi connectivity index (χ1n) is 11.7. The lowest BCUT2D eigenvalue weighted by atomic mass is 9.94. The minimum absolute atomic E-state index is 0.0433. The van der Waals surface area contributed by atoms with E-state index in [1.165, 1.54) is 29.5 Å². The molecule has 3 atom stereocenters. The Hall–Kier alpha value is -3.15. The first-order chi connectivity index (χ1) is 17.8. The Kier molecular flexibility index (Phi) is 8.67. The summed E-state index contributed by atoms with van der Waals surface area (Å²) in [4.78, 5) is 35.2. The average Bonchev–Trinajstić information content (AvgIpc) is 3.38. The molecule has 1 aromatic carbocycles. The van der Waals surface area contributed by atoms with Gasteiger partial charge in [-0.3, -0.25) is 9.89 Å². The number of nitrogens with one attached hydrogen (secondary N) is 1. The number of carbonyl (C=O) groups is 2. The third-order valence-corrected chi connectivity index (χ3v) is 7.12. The minimum Gasteiger partial charge on any atom is -0.478 e. The van der Waals surface area contributed by atoms with E-state index in [0.717, 1.165) is 12.1 Å². The molecule has 0 saturated carbocycles. The molecule has 196 valence electrons. The fraction of sp³-hybridized carbons (Fsp3) is 0.360. The van der Waals surface area contributed by atoms with Crippen molar-refractivity contribution in [1.29, 1.82) is 0 Å². The van der Waals surface area contributed by atoms with Crippen LogP contribution in [0.4, 0.5) is 8.78 Å². The molecule has 2 aromatic rings. The second-order valence-corrected chi connectivity index (χ2v) is 9.79. The Labute approximate surface area is 221 Å². The first-order valence-corrected chi connectivity index (χ1v) is 12.9. The number of rotatable bonds is 8. The molecule has 0 amide bonds. The van der Waals surface area contributed by atoms with Gasteiger partial charge in [0, 0.05) is 53.1 Å². The Morgan fingerprint density at radius 3 is 2.86 bits per heavy atom. The van der Waals surface area contributed by atoms with Crippen molar-refractivity contribution >= 4 is 40.7 Å². The van der Waals surface area contributed by atoms with Crippen molar-refractivity contribution in [3.63, 3.8) is 0 Å². The third kappa shape index (κ3) is 6.41. The number of hydrogen-bond acceptors (Lipinski definition) is 8. The number of hydrogen-bond donors (Lipinski definition) is 2. The highest BCUT2D eigenvalue weighted by Crippen LogP contribution is 2.37. The molecule has 1 aromatic heterocycles. The molecule has 2 aliphatic rings. The molecular formula is C25H25ClF2N4O4S. The van der Waals surface area contributed by atoms with Gasteiger partial charge in [0.1, 0.15) is 18.0 Å². The van der Waals surface area contributed by atoms with Crippen LogP contribution < -0.4 is 5.32 Å². The van der Waals surface area contributed by atoms with Gasteiger partial charge in [-0.05, 0) is 31.9 Å². The number of esters is 1. The number of piperidine rings is 1. The number of alkyl halides is 1. The van der Waals surface area contributed by atoms with E-state index >= 15 is 0 Å². The van der Waals surface area contributed by atoms with E-state index in [2.05, 4.69) is 10.3 Å². The quantitative estimate of drug-likeness (QED) is 0.373. The van der Waals surface area contributed by atoms with Crippen molar-refractivity contribution in [3.05, 3.63) is 74.6 Å². The lowest BCUT2D eigenvalue weighted by Gasteiger charge is -2.37. The number of halogens is 3. The summed E-state index contributed by atoms with van der Waals surface area (Å²) >= 11 is 7.72. The number of thiazole rings is 1. The van der Waals surface area contributed by atoms with Crippen LogP contribution in [0.2, 0.25) is 5.02 Å². The van der Waals surface area contributed by atoms with E-state index in [0.29, 0.717) is 34.9 Å². The Morgan fingerprint density at radius 1 is 1.38 bits per heavy atom. The minimum atomic E-state index is -1.11. The molecule has 8 nitrogen and oxygen atoms in total. The number of carboxylic acid groups (broad SMARTS) is 1. The van der Waals surface area contributed by atoms with Gasteiger partial charge in [0.2, 0.25) is 0 Å². The lowest BCUT2D eigenvalue weighted by molar-refractivity contribution is -0.139. The monoisotopic (exact) mass is 550 g/mol. The van der Waals surface area contributed by atoms with Gasteiger partial charge in [-0.25, -0.2) is 23.4 Å². The number of likely N-dealkylation sites (tertiary alicyclic amines) is 1. The number of aromatic nitrogens is 1. The van der Waals surface area contributed by atoms with Gasteiger partial charge in [-0.15, -0.1) is 11.3 Å². The number of ether oxygens (including phenoxy) is 1. The molecule has 2 N–H and O–H groups in total. The zero-order chi connectivity index (χ0) is 26.5. The second-order valence-electron chi connectivity index (χ2n) is 8.49. The fourth-order valence-corrected chi connectivity index (χ4v) is 5.24. The predicted molar refractivity (Wildman–Crippen MR) is 136 cm³/mol. The summed E-state index contributed by atoms with van der Waals surface area (Å²) in [6.45, 7) is 1.89. The van der Waals surface area contributed by atoms with Crippen LogP contribution in [0.1, 0.15) is 36.4 Å². The maximum Gasteiger partial charge on any atom is 0.338 e. The number of carboxylic acids is 1. The topological polar surface area (TPSA) is 104 Å². The normalized spacial score (nSPS) is 22.6. The largest absolute Gasteiger partial charge is 0.478 e.